The van der Waals surface area contributed by atoms with Gasteiger partial charge >= 0.3 is 0 Å². The van der Waals surface area contributed by atoms with Gasteiger partial charge in [-0.1, -0.05) is 60.7 Å². The van der Waals surface area contributed by atoms with E-state index in [1.54, 1.807) is 7.11 Å². The summed E-state index contributed by atoms with van der Waals surface area (Å²) in [6.07, 6.45) is 0. The minimum Gasteiger partial charge on any atom is -0.496 e. The first kappa shape index (κ1) is 15.2. The molecule has 122 valence electrons. The van der Waals surface area contributed by atoms with Gasteiger partial charge in [-0.2, -0.15) is 0 Å². The lowest BCUT2D eigenvalue weighted by Gasteiger charge is -2.11. The lowest BCUT2D eigenvalue weighted by molar-refractivity contribution is 0.419. The first-order valence-electron chi connectivity index (χ1n) is 8.03. The standard InChI is InChI=1S/C22H16O3/c1-24-19-13-12-17(15-8-4-2-5-9-15)22-21(19)18(23)14-20(25-22)16-10-6-3-7-11-16/h2-14H,1H3. The van der Waals surface area contributed by atoms with Crippen molar-refractivity contribution in [3.8, 4) is 28.2 Å². The van der Waals surface area contributed by atoms with Crippen LogP contribution in [0.4, 0.5) is 0 Å². The summed E-state index contributed by atoms with van der Waals surface area (Å²) in [5.74, 6) is 1.06. The number of methoxy groups -OCH3 is 1. The lowest BCUT2D eigenvalue weighted by Crippen LogP contribution is -2.03. The molecule has 0 aliphatic carbocycles. The van der Waals surface area contributed by atoms with Gasteiger partial charge in [-0.15, -0.1) is 0 Å². The van der Waals surface area contributed by atoms with Crippen LogP contribution in [0.3, 0.4) is 0 Å². The molecule has 0 amide bonds. The molecule has 0 spiro atoms. The molecular formula is C22H16O3. The summed E-state index contributed by atoms with van der Waals surface area (Å²) in [5.41, 5.74) is 3.14. The van der Waals surface area contributed by atoms with Gasteiger partial charge in [-0.3, -0.25) is 4.79 Å². The van der Waals surface area contributed by atoms with Crippen molar-refractivity contribution in [3.05, 3.63) is 89.1 Å². The highest BCUT2D eigenvalue weighted by atomic mass is 16.5. The Morgan fingerprint density at radius 1 is 0.800 bits per heavy atom. The van der Waals surface area contributed by atoms with Crippen LogP contribution >= 0.6 is 0 Å². The fourth-order valence-corrected chi connectivity index (χ4v) is 2.99. The molecule has 1 aromatic heterocycles. The average molecular weight is 328 g/mol. The molecule has 0 atom stereocenters. The Hall–Kier alpha value is -3.33. The van der Waals surface area contributed by atoms with Crippen LogP contribution in [-0.2, 0) is 0 Å². The molecule has 3 heteroatoms. The highest BCUT2D eigenvalue weighted by molar-refractivity contribution is 5.96. The molecule has 0 bridgehead atoms. The summed E-state index contributed by atoms with van der Waals surface area (Å²) >= 11 is 0. The fourth-order valence-electron chi connectivity index (χ4n) is 2.99. The molecule has 3 aromatic carbocycles. The van der Waals surface area contributed by atoms with Gasteiger partial charge in [0.1, 0.15) is 22.5 Å². The predicted molar refractivity (Wildman–Crippen MR) is 99.9 cm³/mol. The van der Waals surface area contributed by atoms with Crippen LogP contribution in [0.2, 0.25) is 0 Å². The van der Waals surface area contributed by atoms with E-state index in [4.69, 9.17) is 9.15 Å². The molecule has 0 saturated carbocycles. The topological polar surface area (TPSA) is 39.4 Å². The number of hydrogen-bond acceptors (Lipinski definition) is 3. The van der Waals surface area contributed by atoms with Gasteiger partial charge in [0, 0.05) is 17.2 Å². The van der Waals surface area contributed by atoms with Gasteiger partial charge in [0.15, 0.2) is 5.43 Å². The second kappa shape index (κ2) is 6.29. The largest absolute Gasteiger partial charge is 0.496 e. The fraction of sp³-hybridized carbons (Fsp3) is 0.0455. The zero-order valence-corrected chi connectivity index (χ0v) is 13.7. The highest BCUT2D eigenvalue weighted by Crippen LogP contribution is 2.34. The Balaban J connectivity index is 2.07. The third kappa shape index (κ3) is 2.70. The van der Waals surface area contributed by atoms with Gasteiger partial charge in [0.25, 0.3) is 0 Å². The van der Waals surface area contributed by atoms with E-state index in [1.807, 2.05) is 72.8 Å². The van der Waals surface area contributed by atoms with Crippen molar-refractivity contribution in [1.29, 1.82) is 0 Å². The normalized spacial score (nSPS) is 10.8. The van der Waals surface area contributed by atoms with Gasteiger partial charge < -0.3 is 9.15 Å². The molecule has 0 fully saturated rings. The predicted octanol–water partition coefficient (Wildman–Crippen LogP) is 5.14. The Labute approximate surface area is 145 Å². The molecule has 0 saturated heterocycles. The maximum Gasteiger partial charge on any atom is 0.197 e. The van der Waals surface area contributed by atoms with Crippen LogP contribution < -0.4 is 10.2 Å². The van der Waals surface area contributed by atoms with E-state index in [9.17, 15) is 4.79 Å². The number of ether oxygens (including phenoxy) is 1. The van der Waals surface area contributed by atoms with Gasteiger partial charge in [0.2, 0.25) is 0 Å². The average Bonchev–Trinajstić information content (AvgIpc) is 2.68. The van der Waals surface area contributed by atoms with E-state index in [1.165, 1.54) is 6.07 Å². The Morgan fingerprint density at radius 3 is 2.08 bits per heavy atom. The second-order valence-electron chi connectivity index (χ2n) is 5.73. The second-order valence-corrected chi connectivity index (χ2v) is 5.73. The number of benzene rings is 3. The molecule has 0 aliphatic rings. The van der Waals surface area contributed by atoms with Crippen LogP contribution in [0.15, 0.2) is 88.1 Å². The minimum atomic E-state index is -0.116. The van der Waals surface area contributed by atoms with Crippen LogP contribution in [0.25, 0.3) is 33.4 Å². The van der Waals surface area contributed by atoms with E-state index < -0.39 is 0 Å². The van der Waals surface area contributed by atoms with E-state index >= 15 is 0 Å². The van der Waals surface area contributed by atoms with Crippen molar-refractivity contribution in [2.75, 3.05) is 7.11 Å². The molecule has 1 heterocycles. The first-order chi connectivity index (χ1) is 12.3. The lowest BCUT2D eigenvalue weighted by atomic mass is 10.0. The van der Waals surface area contributed by atoms with Crippen molar-refractivity contribution in [2.45, 2.75) is 0 Å². The van der Waals surface area contributed by atoms with Crippen molar-refractivity contribution in [3.63, 3.8) is 0 Å². The Bertz CT molecular complexity index is 1080. The van der Waals surface area contributed by atoms with Crippen molar-refractivity contribution in [2.24, 2.45) is 0 Å². The van der Waals surface area contributed by atoms with Gasteiger partial charge in [-0.25, -0.2) is 0 Å². The van der Waals surface area contributed by atoms with Gasteiger partial charge in [-0.05, 0) is 17.7 Å². The number of hydrogen-bond donors (Lipinski definition) is 0. The summed E-state index contributed by atoms with van der Waals surface area (Å²) in [6, 6.07) is 24.8. The van der Waals surface area contributed by atoms with Crippen molar-refractivity contribution in [1.82, 2.24) is 0 Å². The zero-order chi connectivity index (χ0) is 17.2. The molecule has 4 aromatic rings. The molecule has 3 nitrogen and oxygen atoms in total. The van der Waals surface area contributed by atoms with Crippen molar-refractivity contribution >= 4 is 11.0 Å². The number of rotatable bonds is 3. The Morgan fingerprint density at radius 2 is 1.44 bits per heavy atom. The summed E-state index contributed by atoms with van der Waals surface area (Å²) < 4.78 is 11.6. The smallest absolute Gasteiger partial charge is 0.197 e. The molecule has 4 rings (SSSR count). The summed E-state index contributed by atoms with van der Waals surface area (Å²) in [7, 11) is 1.56. The van der Waals surface area contributed by atoms with E-state index in [2.05, 4.69) is 0 Å². The maximum absolute atomic E-state index is 12.8. The monoisotopic (exact) mass is 328 g/mol. The van der Waals surface area contributed by atoms with E-state index in [0.717, 1.165) is 16.7 Å². The SMILES string of the molecule is COc1ccc(-c2ccccc2)c2oc(-c3ccccc3)cc(=O)c12. The highest BCUT2D eigenvalue weighted by Gasteiger charge is 2.16. The van der Waals surface area contributed by atoms with E-state index in [0.29, 0.717) is 22.5 Å². The van der Waals surface area contributed by atoms with Crippen LogP contribution in [0.5, 0.6) is 5.75 Å². The van der Waals surface area contributed by atoms with Crippen molar-refractivity contribution < 1.29 is 9.15 Å². The maximum atomic E-state index is 12.8. The molecule has 0 radical (unpaired) electrons. The Kier molecular flexibility index (Phi) is 3.82. The third-order valence-electron chi connectivity index (χ3n) is 4.20. The first-order valence-corrected chi connectivity index (χ1v) is 8.03. The van der Waals surface area contributed by atoms with E-state index in [-0.39, 0.29) is 5.43 Å². The minimum absolute atomic E-state index is 0.116. The van der Waals surface area contributed by atoms with Crippen LogP contribution in [-0.4, -0.2) is 7.11 Å². The molecule has 25 heavy (non-hydrogen) atoms. The van der Waals surface area contributed by atoms with Crippen LogP contribution in [0.1, 0.15) is 0 Å². The summed E-state index contributed by atoms with van der Waals surface area (Å²) in [4.78, 5) is 12.8. The third-order valence-corrected chi connectivity index (χ3v) is 4.20. The zero-order valence-electron chi connectivity index (χ0n) is 13.7. The quantitative estimate of drug-likeness (QED) is 0.523. The number of fused-ring (bicyclic) bond motifs is 1. The molecular weight excluding hydrogens is 312 g/mol. The summed E-state index contributed by atoms with van der Waals surface area (Å²) in [5, 5.41) is 0.462. The summed E-state index contributed by atoms with van der Waals surface area (Å²) in [6.45, 7) is 0. The molecule has 0 N–H and O–H groups in total. The van der Waals surface area contributed by atoms with Gasteiger partial charge in [0.05, 0.1) is 7.11 Å². The molecule has 0 aliphatic heterocycles. The van der Waals surface area contributed by atoms with Crippen LogP contribution in [0, 0.1) is 0 Å². The molecule has 0 unspecified atom stereocenters.